The van der Waals surface area contributed by atoms with Crippen LogP contribution in [0.25, 0.3) is 5.32 Å². The molecule has 4 atom stereocenters. The monoisotopic (exact) mass is 594 g/mol. The molecule has 1 aromatic carbocycles. The molecule has 3 rings (SSSR count). The Morgan fingerprint density at radius 2 is 1.88 bits per heavy atom. The first-order chi connectivity index (χ1) is 16.0. The maximum absolute atomic E-state index is 13.4. The topological polar surface area (TPSA) is 66.8 Å². The Bertz CT molecular complexity index is 718. The molecule has 2 saturated heterocycles. The van der Waals surface area contributed by atoms with Gasteiger partial charge in [-0.25, -0.2) is 0 Å². The third kappa shape index (κ3) is 8.57. The molecule has 183 valence electrons. The van der Waals surface area contributed by atoms with E-state index in [0.717, 1.165) is 69.4 Å². The minimum atomic E-state index is -0.0283. The molecule has 2 unspecified atom stereocenters. The normalized spacial score (nSPS) is 24.5. The Labute approximate surface area is 225 Å². The molecule has 0 aliphatic carbocycles. The Balaban J connectivity index is 0.00000187. The van der Waals surface area contributed by atoms with Gasteiger partial charge in [0.05, 0.1) is 5.92 Å². The third-order valence-electron chi connectivity index (χ3n) is 6.83. The Hall–Kier alpha value is 0.00935. The molecule has 33 heavy (non-hydrogen) atoms. The van der Waals surface area contributed by atoms with Crippen LogP contribution in [0.5, 0.6) is 0 Å². The number of fused-ring (bicyclic) bond motifs is 2. The van der Waals surface area contributed by atoms with Crippen molar-refractivity contribution < 1.29 is 27.2 Å². The van der Waals surface area contributed by atoms with Crippen LogP contribution in [0.2, 0.25) is 5.02 Å². The van der Waals surface area contributed by atoms with E-state index < -0.39 is 0 Å². The third-order valence-corrected chi connectivity index (χ3v) is 7.45. The molecule has 1 aromatic rings. The van der Waals surface area contributed by atoms with Gasteiger partial charge in [0.15, 0.2) is 0 Å². The summed E-state index contributed by atoms with van der Waals surface area (Å²) in [5, 5.41) is 8.41. The summed E-state index contributed by atoms with van der Waals surface area (Å²) in [6, 6.07) is 8.94. The number of carbonyl (C=O) groups excluding carboxylic acids is 1. The molecule has 2 fully saturated rings. The van der Waals surface area contributed by atoms with E-state index in [-0.39, 0.29) is 17.7 Å². The summed E-state index contributed by atoms with van der Waals surface area (Å²) in [7, 11) is 2.18. The van der Waals surface area contributed by atoms with Gasteiger partial charge in [-0.1, -0.05) is 23.7 Å². The zero-order valence-corrected chi connectivity index (χ0v) is 23.4. The molecule has 0 saturated carbocycles. The number of amides is 1. The number of benzene rings is 1. The summed E-state index contributed by atoms with van der Waals surface area (Å²) in [5.41, 5.74) is 1.23. The molecular formula is C23H34ClN4O2S2Tc+. The molecule has 2 aliphatic heterocycles. The van der Waals surface area contributed by atoms with Crippen LogP contribution in [0.1, 0.15) is 30.7 Å². The number of carbonyl (C=O) groups is 1. The van der Waals surface area contributed by atoms with Gasteiger partial charge in [-0.15, -0.1) is 6.54 Å². The van der Waals surface area contributed by atoms with Gasteiger partial charge in [-0.05, 0) is 63.0 Å². The Kier molecular flexibility index (Phi) is 14.1. The first-order valence-corrected chi connectivity index (χ1v) is 13.8. The minimum absolute atomic E-state index is 0.0283. The fourth-order valence-electron chi connectivity index (χ4n) is 5.19. The van der Waals surface area contributed by atoms with E-state index in [1.807, 2.05) is 12.1 Å². The second-order valence-corrected chi connectivity index (χ2v) is 9.85. The average molecular weight is 596 g/mol. The molecule has 2 heterocycles. The van der Waals surface area contributed by atoms with Gasteiger partial charge < -0.3 is 40.8 Å². The number of piperidine rings is 1. The Morgan fingerprint density at radius 3 is 2.55 bits per heavy atom. The van der Waals surface area contributed by atoms with Gasteiger partial charge >= 0.3 is 22.4 Å². The molecule has 2 aliphatic rings. The molecular weight excluding hydrogens is 562 g/mol. The van der Waals surface area contributed by atoms with Crippen molar-refractivity contribution in [2.75, 3.05) is 57.8 Å². The van der Waals surface area contributed by atoms with E-state index in [2.05, 4.69) is 39.6 Å². The number of halogens is 1. The van der Waals surface area contributed by atoms with Gasteiger partial charge in [0.25, 0.3) is 0 Å². The standard InChI is InChI=1S/C23H36ClN4OS2.O.Tc/c1-27-19-6-7-21(27)22(20(16-19)17-2-4-18(24)5-3-17)23(29)26-9-12-28(13-15-31)11-8-25-10-14-30;;/h2-5,19-22,30-31H,6-16H2,1H3,(H,26,29);;/q-1;;+4/p-2/t19?,20-,21?,22+;;/m1../s1. The van der Waals surface area contributed by atoms with Gasteiger partial charge in [0.2, 0.25) is 5.91 Å². The summed E-state index contributed by atoms with van der Waals surface area (Å²) in [6.07, 6.45) is 3.30. The summed E-state index contributed by atoms with van der Waals surface area (Å²) >= 11 is 17.1. The van der Waals surface area contributed by atoms with Gasteiger partial charge in [0.1, 0.15) is 0 Å². The molecule has 0 spiro atoms. The molecule has 10 heteroatoms. The molecule has 0 radical (unpaired) electrons. The van der Waals surface area contributed by atoms with Crippen LogP contribution < -0.4 is 5.32 Å². The van der Waals surface area contributed by atoms with Crippen molar-refractivity contribution in [3.8, 4) is 0 Å². The Morgan fingerprint density at radius 1 is 1.15 bits per heavy atom. The van der Waals surface area contributed by atoms with Crippen molar-refractivity contribution in [3.05, 3.63) is 40.2 Å². The van der Waals surface area contributed by atoms with Gasteiger partial charge in [0, 0.05) is 30.2 Å². The average Bonchev–Trinajstić information content (AvgIpc) is 3.05. The van der Waals surface area contributed by atoms with Crippen LogP contribution in [-0.2, 0) is 52.4 Å². The van der Waals surface area contributed by atoms with Crippen molar-refractivity contribution in [2.45, 2.75) is 37.3 Å². The zero-order valence-electron chi connectivity index (χ0n) is 19.1. The van der Waals surface area contributed by atoms with E-state index in [1.165, 1.54) is 12.0 Å². The predicted octanol–water partition coefficient (Wildman–Crippen LogP) is 2.67. The van der Waals surface area contributed by atoms with Crippen molar-refractivity contribution in [3.63, 3.8) is 0 Å². The summed E-state index contributed by atoms with van der Waals surface area (Å²) < 4.78 is 8.22. The molecule has 0 aromatic heterocycles. The van der Waals surface area contributed by atoms with Crippen LogP contribution in [-0.4, -0.2) is 85.6 Å². The van der Waals surface area contributed by atoms with Crippen LogP contribution >= 0.6 is 11.6 Å². The number of hydrogen-bond acceptors (Lipinski definition) is 6. The first kappa shape index (κ1) is 29.2. The van der Waals surface area contributed by atoms with Crippen molar-refractivity contribution >= 4 is 42.8 Å². The summed E-state index contributed by atoms with van der Waals surface area (Å²) in [5.74, 6) is 1.74. The van der Waals surface area contributed by atoms with Crippen LogP contribution in [0.15, 0.2) is 24.3 Å². The molecule has 1 N–H and O–H groups in total. The zero-order chi connectivity index (χ0) is 24.2. The maximum atomic E-state index is 13.4. The van der Waals surface area contributed by atoms with Crippen LogP contribution in [0.4, 0.5) is 0 Å². The summed E-state index contributed by atoms with van der Waals surface area (Å²) in [4.78, 5) is 18.1. The second kappa shape index (κ2) is 15.9. The van der Waals surface area contributed by atoms with E-state index >= 15 is 0 Å². The van der Waals surface area contributed by atoms with Crippen molar-refractivity contribution in [1.82, 2.24) is 15.1 Å². The first-order valence-electron chi connectivity index (χ1n) is 11.5. The fourth-order valence-corrected chi connectivity index (χ4v) is 5.70. The number of nitrogens with one attached hydrogen (secondary N) is 1. The molecule has 6 nitrogen and oxygen atoms in total. The summed E-state index contributed by atoms with van der Waals surface area (Å²) in [6.45, 7) is 4.66. The van der Waals surface area contributed by atoms with E-state index in [1.54, 1.807) is 0 Å². The van der Waals surface area contributed by atoms with Gasteiger partial charge in [-0.2, -0.15) is 18.1 Å². The van der Waals surface area contributed by atoms with E-state index in [4.69, 9.17) is 40.4 Å². The van der Waals surface area contributed by atoms with Crippen molar-refractivity contribution in [1.29, 1.82) is 0 Å². The SMILES string of the molecule is CN1C2CCC1[C@@H](C(=O)NCCN(CC[S-])CC[N-]CC[S-])[C@@H](c1ccc(Cl)cc1)C2.[O]=[Tc+4]. The van der Waals surface area contributed by atoms with Gasteiger partial charge in [-0.3, -0.25) is 9.69 Å². The van der Waals surface area contributed by atoms with E-state index in [9.17, 15) is 4.79 Å². The number of rotatable bonds is 12. The molecule has 2 bridgehead atoms. The number of nitrogens with zero attached hydrogens (tertiary/aromatic N) is 3. The second-order valence-electron chi connectivity index (χ2n) is 8.60. The van der Waals surface area contributed by atoms with Crippen LogP contribution in [0, 0.1) is 5.92 Å². The quantitative estimate of drug-likeness (QED) is 0.296. The van der Waals surface area contributed by atoms with E-state index in [0.29, 0.717) is 30.1 Å². The van der Waals surface area contributed by atoms with Crippen molar-refractivity contribution in [2.24, 2.45) is 5.92 Å². The predicted molar refractivity (Wildman–Crippen MR) is 135 cm³/mol. The number of hydrogen-bond donors (Lipinski definition) is 1. The fraction of sp³-hybridized carbons (Fsp3) is 0.696. The molecule has 1 amide bonds. The van der Waals surface area contributed by atoms with Crippen LogP contribution in [0.3, 0.4) is 0 Å².